The first kappa shape index (κ1) is 17.0. The molecule has 2 aromatic carbocycles. The van der Waals surface area contributed by atoms with Crippen LogP contribution in [0.3, 0.4) is 0 Å². The molecule has 2 heterocycles. The van der Waals surface area contributed by atoms with Crippen LogP contribution in [0.5, 0.6) is 23.0 Å². The van der Waals surface area contributed by atoms with Gasteiger partial charge in [0.1, 0.15) is 45.7 Å². The van der Waals surface area contributed by atoms with E-state index in [-0.39, 0.29) is 0 Å². The van der Waals surface area contributed by atoms with E-state index in [1.54, 1.807) is 28.4 Å². The van der Waals surface area contributed by atoms with Crippen LogP contribution in [-0.4, -0.2) is 48.4 Å². The Labute approximate surface area is 155 Å². The van der Waals surface area contributed by atoms with E-state index in [0.29, 0.717) is 29.4 Å². The first-order valence-corrected chi connectivity index (χ1v) is 8.36. The number of benzene rings is 2. The summed E-state index contributed by atoms with van der Waals surface area (Å²) in [4.78, 5) is 15.9. The predicted octanol–water partition coefficient (Wildman–Crippen LogP) is 3.06. The highest BCUT2D eigenvalue weighted by molar-refractivity contribution is 5.85. The molecule has 0 amide bonds. The molecule has 0 atom stereocenters. The maximum absolute atomic E-state index is 5.42. The molecule has 0 aliphatic heterocycles. The topological polar surface area (TPSA) is 94.3 Å². The second-order valence-electron chi connectivity index (χ2n) is 6.00. The predicted molar refractivity (Wildman–Crippen MR) is 101 cm³/mol. The van der Waals surface area contributed by atoms with E-state index in [1.807, 2.05) is 24.3 Å². The number of rotatable bonds is 6. The molecular weight excluding hydrogens is 348 g/mol. The Bertz CT molecular complexity index is 1030. The smallest absolute Gasteiger partial charge is 0.150 e. The fourth-order valence-electron chi connectivity index (χ4n) is 3.10. The normalized spacial score (nSPS) is 11.1. The summed E-state index contributed by atoms with van der Waals surface area (Å²) >= 11 is 0. The summed E-state index contributed by atoms with van der Waals surface area (Å²) in [5.41, 5.74) is 3.19. The number of fused-ring (bicyclic) bond motifs is 2. The summed E-state index contributed by atoms with van der Waals surface area (Å²) in [6, 6.07) is 7.40. The van der Waals surface area contributed by atoms with Gasteiger partial charge in [0, 0.05) is 24.3 Å². The van der Waals surface area contributed by atoms with Gasteiger partial charge in [0.25, 0.3) is 0 Å². The number of imidazole rings is 2. The maximum atomic E-state index is 5.42. The highest BCUT2D eigenvalue weighted by Gasteiger charge is 2.15. The van der Waals surface area contributed by atoms with E-state index >= 15 is 0 Å². The highest BCUT2D eigenvalue weighted by atomic mass is 16.5. The van der Waals surface area contributed by atoms with E-state index in [1.165, 1.54) is 0 Å². The second-order valence-corrected chi connectivity index (χ2v) is 6.00. The van der Waals surface area contributed by atoms with Gasteiger partial charge in [-0.2, -0.15) is 0 Å². The van der Waals surface area contributed by atoms with Gasteiger partial charge >= 0.3 is 0 Å². The molecule has 8 nitrogen and oxygen atoms in total. The molecule has 4 rings (SSSR count). The number of nitrogens with zero attached hydrogens (tertiary/aromatic N) is 2. The van der Waals surface area contributed by atoms with Gasteiger partial charge in [0.05, 0.1) is 45.9 Å². The molecule has 0 aliphatic rings. The number of hydrogen-bond acceptors (Lipinski definition) is 6. The first-order chi connectivity index (χ1) is 13.1. The molecule has 8 heteroatoms. The summed E-state index contributed by atoms with van der Waals surface area (Å²) in [6.45, 7) is 0. The van der Waals surface area contributed by atoms with Crippen molar-refractivity contribution in [1.82, 2.24) is 19.9 Å². The van der Waals surface area contributed by atoms with Crippen molar-refractivity contribution in [2.24, 2.45) is 0 Å². The van der Waals surface area contributed by atoms with Crippen molar-refractivity contribution >= 4 is 22.1 Å². The number of aromatic amines is 2. The van der Waals surface area contributed by atoms with Gasteiger partial charge in [-0.3, -0.25) is 0 Å². The van der Waals surface area contributed by atoms with Gasteiger partial charge < -0.3 is 28.9 Å². The van der Waals surface area contributed by atoms with Gasteiger partial charge in [0.15, 0.2) is 0 Å². The lowest BCUT2D eigenvalue weighted by molar-refractivity contribution is 0.397. The summed E-state index contributed by atoms with van der Waals surface area (Å²) in [6.07, 6.45) is 0.500. The number of ether oxygens (including phenoxy) is 4. The third kappa shape index (κ3) is 2.99. The molecule has 0 radical (unpaired) electrons. The average Bonchev–Trinajstić information content (AvgIpc) is 3.28. The zero-order valence-corrected chi connectivity index (χ0v) is 15.5. The standard InChI is InChI=1S/C19H20N4O4/c1-24-10-5-12-18(14(7-10)26-3)22-16(20-12)9-17-21-13-6-11(25-2)8-15(27-4)19(13)23-17/h5-8H,9H2,1-4H3,(H,20,22)(H,21,23). The Morgan fingerprint density at radius 1 is 0.667 bits per heavy atom. The lowest BCUT2D eigenvalue weighted by Crippen LogP contribution is -1.93. The van der Waals surface area contributed by atoms with Crippen LogP contribution in [0, 0.1) is 0 Å². The Morgan fingerprint density at radius 3 is 1.48 bits per heavy atom. The van der Waals surface area contributed by atoms with Crippen LogP contribution >= 0.6 is 0 Å². The molecule has 0 bridgehead atoms. The number of methoxy groups -OCH3 is 4. The third-order valence-corrected chi connectivity index (χ3v) is 4.39. The Balaban J connectivity index is 1.73. The fourth-order valence-corrected chi connectivity index (χ4v) is 3.10. The van der Waals surface area contributed by atoms with Crippen LogP contribution in [0.1, 0.15) is 11.6 Å². The number of nitrogens with one attached hydrogen (secondary N) is 2. The van der Waals surface area contributed by atoms with Crippen LogP contribution in [-0.2, 0) is 6.42 Å². The molecule has 0 saturated carbocycles. The van der Waals surface area contributed by atoms with Crippen LogP contribution in [0.2, 0.25) is 0 Å². The van der Waals surface area contributed by atoms with Crippen LogP contribution < -0.4 is 18.9 Å². The first-order valence-electron chi connectivity index (χ1n) is 8.36. The Morgan fingerprint density at radius 2 is 1.11 bits per heavy atom. The number of aromatic nitrogens is 4. The third-order valence-electron chi connectivity index (χ3n) is 4.39. The summed E-state index contributed by atoms with van der Waals surface area (Å²) in [7, 11) is 6.46. The SMILES string of the molecule is COc1cc(OC)c2nc(Cc3nc4c(OC)cc(OC)cc4[nH]3)[nH]c2c1. The molecule has 0 aliphatic carbocycles. The Hall–Kier alpha value is -3.42. The zero-order chi connectivity index (χ0) is 19.0. The minimum Gasteiger partial charge on any atom is -0.497 e. The number of hydrogen-bond donors (Lipinski definition) is 2. The monoisotopic (exact) mass is 368 g/mol. The van der Waals surface area contributed by atoms with E-state index in [0.717, 1.165) is 33.7 Å². The fraction of sp³-hybridized carbons (Fsp3) is 0.263. The van der Waals surface area contributed by atoms with Crippen molar-refractivity contribution in [3.05, 3.63) is 35.9 Å². The quantitative estimate of drug-likeness (QED) is 0.543. The van der Waals surface area contributed by atoms with Gasteiger partial charge in [-0.1, -0.05) is 0 Å². The van der Waals surface area contributed by atoms with Gasteiger partial charge in [-0.15, -0.1) is 0 Å². The molecule has 0 unspecified atom stereocenters. The van der Waals surface area contributed by atoms with Crippen molar-refractivity contribution in [2.75, 3.05) is 28.4 Å². The van der Waals surface area contributed by atoms with Crippen molar-refractivity contribution < 1.29 is 18.9 Å². The lowest BCUT2D eigenvalue weighted by atomic mass is 10.3. The van der Waals surface area contributed by atoms with Crippen LogP contribution in [0.4, 0.5) is 0 Å². The van der Waals surface area contributed by atoms with Crippen LogP contribution in [0.25, 0.3) is 22.1 Å². The molecule has 0 fully saturated rings. The summed E-state index contributed by atoms with van der Waals surface area (Å²) in [5, 5.41) is 0. The second kappa shape index (κ2) is 6.71. The minimum atomic E-state index is 0.500. The minimum absolute atomic E-state index is 0.500. The van der Waals surface area contributed by atoms with Gasteiger partial charge in [-0.05, 0) is 0 Å². The molecular formula is C19H20N4O4. The largest absolute Gasteiger partial charge is 0.497 e. The number of H-pyrrole nitrogens is 2. The molecule has 2 N–H and O–H groups in total. The average molecular weight is 368 g/mol. The highest BCUT2D eigenvalue weighted by Crippen LogP contribution is 2.31. The van der Waals surface area contributed by atoms with E-state index in [9.17, 15) is 0 Å². The lowest BCUT2D eigenvalue weighted by Gasteiger charge is -2.03. The zero-order valence-electron chi connectivity index (χ0n) is 15.5. The van der Waals surface area contributed by atoms with Gasteiger partial charge in [-0.25, -0.2) is 9.97 Å². The van der Waals surface area contributed by atoms with Crippen molar-refractivity contribution in [3.63, 3.8) is 0 Å². The molecule has 0 saturated heterocycles. The van der Waals surface area contributed by atoms with Crippen molar-refractivity contribution in [3.8, 4) is 23.0 Å². The van der Waals surface area contributed by atoms with E-state index in [2.05, 4.69) is 19.9 Å². The maximum Gasteiger partial charge on any atom is 0.150 e. The molecule has 4 aromatic rings. The van der Waals surface area contributed by atoms with Crippen molar-refractivity contribution in [2.45, 2.75) is 6.42 Å². The van der Waals surface area contributed by atoms with Gasteiger partial charge in [0.2, 0.25) is 0 Å². The molecule has 27 heavy (non-hydrogen) atoms. The molecule has 2 aromatic heterocycles. The molecule has 0 spiro atoms. The summed E-state index contributed by atoms with van der Waals surface area (Å²) < 4.78 is 21.5. The summed E-state index contributed by atoms with van der Waals surface area (Å²) in [5.74, 6) is 4.25. The molecule has 140 valence electrons. The van der Waals surface area contributed by atoms with E-state index in [4.69, 9.17) is 18.9 Å². The van der Waals surface area contributed by atoms with E-state index < -0.39 is 0 Å². The van der Waals surface area contributed by atoms with Crippen LogP contribution in [0.15, 0.2) is 24.3 Å². The Kier molecular flexibility index (Phi) is 4.23. The van der Waals surface area contributed by atoms with Crippen molar-refractivity contribution in [1.29, 1.82) is 0 Å².